The molecule has 5 nitrogen and oxygen atoms in total. The highest BCUT2D eigenvalue weighted by atomic mass is 16.6. The summed E-state index contributed by atoms with van der Waals surface area (Å²) in [6.45, 7) is 9.19. The Morgan fingerprint density at radius 3 is 2.53 bits per heavy atom. The number of carbonyl (C=O) groups is 1. The van der Waals surface area contributed by atoms with Crippen molar-refractivity contribution in [2.75, 3.05) is 31.6 Å². The van der Waals surface area contributed by atoms with Gasteiger partial charge in [0.1, 0.15) is 11.4 Å². The number of hydrogen-bond donors (Lipinski definition) is 1. The lowest BCUT2D eigenvalue weighted by Crippen LogP contribution is -2.44. The predicted octanol–water partition coefficient (Wildman–Crippen LogP) is 4.89. The van der Waals surface area contributed by atoms with Crippen molar-refractivity contribution in [3.8, 4) is 5.75 Å². The topological polar surface area (TPSA) is 50.8 Å². The van der Waals surface area contributed by atoms with Crippen LogP contribution in [0.1, 0.15) is 45.6 Å². The van der Waals surface area contributed by atoms with Crippen LogP contribution in [0.4, 0.5) is 11.4 Å². The maximum Gasteiger partial charge on any atom is 0.307 e. The molecule has 0 unspecified atom stereocenters. The van der Waals surface area contributed by atoms with E-state index in [0.29, 0.717) is 6.42 Å². The van der Waals surface area contributed by atoms with Crippen molar-refractivity contribution in [1.29, 1.82) is 0 Å². The van der Waals surface area contributed by atoms with Gasteiger partial charge in [0.05, 0.1) is 13.0 Å². The summed E-state index contributed by atoms with van der Waals surface area (Å²) in [6, 6.07) is 16.7. The number of piperidine rings is 1. The van der Waals surface area contributed by atoms with Crippen molar-refractivity contribution in [2.24, 2.45) is 0 Å². The van der Waals surface area contributed by atoms with Crippen molar-refractivity contribution in [3.05, 3.63) is 54.1 Å². The fraction of sp³-hybridized carbons (Fsp3) is 0.480. The number of nitrogens with one attached hydrogen (secondary N) is 1. The third-order valence-electron chi connectivity index (χ3n) is 5.98. The predicted molar refractivity (Wildman–Crippen MR) is 119 cm³/mol. The van der Waals surface area contributed by atoms with Gasteiger partial charge in [-0.1, -0.05) is 18.2 Å². The maximum absolute atomic E-state index is 12.0. The molecule has 0 radical (unpaired) electrons. The fourth-order valence-corrected chi connectivity index (χ4v) is 4.39. The van der Waals surface area contributed by atoms with Crippen molar-refractivity contribution >= 4 is 17.3 Å². The lowest BCUT2D eigenvalue weighted by Gasteiger charge is -2.38. The van der Waals surface area contributed by atoms with Crippen LogP contribution in [0.25, 0.3) is 0 Å². The largest absolute Gasteiger partial charge is 0.492 e. The number of esters is 1. The number of para-hydroxylation sites is 1. The standard InChI is InChI=1S/C25H32N2O3/c1-24(2,3)30-23(28)11-14-27-15-12-25(13-16-27)18-29-22-10-9-20(17-21(22)25)26-19-7-5-4-6-8-19/h4-10,17,26H,11-16,18H2,1-3H3. The molecule has 2 aliphatic heterocycles. The van der Waals surface area contributed by atoms with E-state index in [4.69, 9.17) is 9.47 Å². The van der Waals surface area contributed by atoms with Gasteiger partial charge in [0.15, 0.2) is 0 Å². The Bertz CT molecular complexity index is 881. The number of hydrogen-bond acceptors (Lipinski definition) is 5. The van der Waals surface area contributed by atoms with Gasteiger partial charge in [0.25, 0.3) is 0 Å². The Balaban J connectivity index is 1.37. The number of ether oxygens (including phenoxy) is 2. The van der Waals surface area contributed by atoms with Gasteiger partial charge in [-0.3, -0.25) is 4.79 Å². The molecule has 0 bridgehead atoms. The van der Waals surface area contributed by atoms with Crippen LogP contribution in [0.15, 0.2) is 48.5 Å². The Labute approximate surface area is 179 Å². The first-order chi connectivity index (χ1) is 14.3. The van der Waals surface area contributed by atoms with E-state index in [-0.39, 0.29) is 11.4 Å². The lowest BCUT2D eigenvalue weighted by atomic mass is 9.74. The zero-order valence-corrected chi connectivity index (χ0v) is 18.2. The summed E-state index contributed by atoms with van der Waals surface area (Å²) in [5, 5.41) is 3.50. The van der Waals surface area contributed by atoms with E-state index in [0.717, 1.165) is 56.2 Å². The van der Waals surface area contributed by atoms with Crippen LogP contribution >= 0.6 is 0 Å². The van der Waals surface area contributed by atoms with Crippen LogP contribution in [0.2, 0.25) is 0 Å². The molecule has 0 atom stereocenters. The minimum atomic E-state index is -0.417. The second-order valence-electron chi connectivity index (χ2n) is 9.45. The average Bonchev–Trinajstić information content (AvgIpc) is 3.05. The summed E-state index contributed by atoms with van der Waals surface area (Å²) in [4.78, 5) is 14.4. The van der Waals surface area contributed by atoms with E-state index in [9.17, 15) is 4.79 Å². The number of fused-ring (bicyclic) bond motifs is 2. The highest BCUT2D eigenvalue weighted by Gasteiger charge is 2.43. The van der Waals surface area contributed by atoms with Crippen LogP contribution < -0.4 is 10.1 Å². The molecule has 0 aromatic heterocycles. The first-order valence-electron chi connectivity index (χ1n) is 10.9. The molecular weight excluding hydrogens is 376 g/mol. The second kappa shape index (κ2) is 8.31. The van der Waals surface area contributed by atoms with Gasteiger partial charge in [-0.25, -0.2) is 0 Å². The average molecular weight is 409 g/mol. The molecule has 1 saturated heterocycles. The number of anilines is 2. The number of nitrogens with zero attached hydrogens (tertiary/aromatic N) is 1. The van der Waals surface area contributed by atoms with E-state index < -0.39 is 5.60 Å². The molecule has 1 spiro atoms. The molecule has 4 rings (SSSR count). The summed E-state index contributed by atoms with van der Waals surface area (Å²) in [5.41, 5.74) is 3.15. The van der Waals surface area contributed by atoms with Gasteiger partial charge in [-0.05, 0) is 77.0 Å². The highest BCUT2D eigenvalue weighted by molar-refractivity contribution is 5.70. The van der Waals surface area contributed by atoms with Gasteiger partial charge >= 0.3 is 5.97 Å². The third-order valence-corrected chi connectivity index (χ3v) is 5.98. The minimum absolute atomic E-state index is 0.0755. The Morgan fingerprint density at radius 2 is 1.83 bits per heavy atom. The number of likely N-dealkylation sites (tertiary alicyclic amines) is 1. The molecule has 2 aliphatic rings. The van der Waals surface area contributed by atoms with Crippen LogP contribution in [0, 0.1) is 0 Å². The summed E-state index contributed by atoms with van der Waals surface area (Å²) in [6.07, 6.45) is 2.54. The second-order valence-corrected chi connectivity index (χ2v) is 9.45. The van der Waals surface area contributed by atoms with Gasteiger partial charge < -0.3 is 19.7 Å². The van der Waals surface area contributed by atoms with Crippen LogP contribution in [-0.4, -0.2) is 42.7 Å². The fourth-order valence-electron chi connectivity index (χ4n) is 4.39. The number of benzene rings is 2. The van der Waals surface area contributed by atoms with Crippen LogP contribution in [0.3, 0.4) is 0 Å². The molecule has 0 amide bonds. The molecular formula is C25H32N2O3. The van der Waals surface area contributed by atoms with Crippen LogP contribution in [0.5, 0.6) is 5.75 Å². The molecule has 5 heteroatoms. The monoisotopic (exact) mass is 408 g/mol. The quantitative estimate of drug-likeness (QED) is 0.714. The first kappa shape index (κ1) is 20.7. The summed E-state index contributed by atoms with van der Waals surface area (Å²) in [7, 11) is 0. The Kier molecular flexibility index (Phi) is 5.74. The Morgan fingerprint density at radius 1 is 1.10 bits per heavy atom. The summed E-state index contributed by atoms with van der Waals surface area (Å²) in [5.74, 6) is 0.893. The van der Waals surface area contributed by atoms with E-state index in [1.54, 1.807) is 0 Å². The lowest BCUT2D eigenvalue weighted by molar-refractivity contribution is -0.155. The molecule has 30 heavy (non-hydrogen) atoms. The van der Waals surface area contributed by atoms with E-state index in [1.807, 2.05) is 39.0 Å². The summed E-state index contributed by atoms with van der Waals surface area (Å²) < 4.78 is 11.5. The molecule has 2 heterocycles. The van der Waals surface area contributed by atoms with E-state index in [2.05, 4.69) is 40.5 Å². The van der Waals surface area contributed by atoms with Crippen molar-refractivity contribution < 1.29 is 14.3 Å². The maximum atomic E-state index is 12.0. The number of rotatable bonds is 5. The smallest absolute Gasteiger partial charge is 0.307 e. The molecule has 0 aliphatic carbocycles. The molecule has 1 fully saturated rings. The highest BCUT2D eigenvalue weighted by Crippen LogP contribution is 2.46. The zero-order valence-electron chi connectivity index (χ0n) is 18.2. The van der Waals surface area contributed by atoms with E-state index >= 15 is 0 Å². The zero-order chi connectivity index (χ0) is 21.2. The van der Waals surface area contributed by atoms with Crippen LogP contribution in [-0.2, 0) is 14.9 Å². The number of carbonyl (C=O) groups excluding carboxylic acids is 1. The van der Waals surface area contributed by atoms with Crippen molar-refractivity contribution in [3.63, 3.8) is 0 Å². The summed E-state index contributed by atoms with van der Waals surface area (Å²) >= 11 is 0. The molecule has 2 aromatic rings. The normalized spacial score (nSPS) is 18.0. The first-order valence-corrected chi connectivity index (χ1v) is 10.9. The molecule has 1 N–H and O–H groups in total. The minimum Gasteiger partial charge on any atom is -0.492 e. The van der Waals surface area contributed by atoms with Crippen molar-refractivity contribution in [1.82, 2.24) is 4.90 Å². The molecule has 160 valence electrons. The van der Waals surface area contributed by atoms with Gasteiger partial charge in [0, 0.05) is 28.9 Å². The van der Waals surface area contributed by atoms with E-state index in [1.165, 1.54) is 5.56 Å². The van der Waals surface area contributed by atoms with Crippen molar-refractivity contribution in [2.45, 2.75) is 51.0 Å². The van der Waals surface area contributed by atoms with Gasteiger partial charge in [-0.2, -0.15) is 0 Å². The SMILES string of the molecule is CC(C)(C)OC(=O)CCN1CCC2(CC1)COc1ccc(Nc3ccccc3)cc12. The third kappa shape index (κ3) is 4.78. The Hall–Kier alpha value is -2.53. The van der Waals surface area contributed by atoms with Gasteiger partial charge in [0.2, 0.25) is 0 Å². The van der Waals surface area contributed by atoms with Gasteiger partial charge in [-0.15, -0.1) is 0 Å². The molecule has 0 saturated carbocycles. The molecule has 2 aromatic carbocycles.